The molecule has 6 heteroatoms. The predicted molar refractivity (Wildman–Crippen MR) is 68.0 cm³/mol. The van der Waals surface area contributed by atoms with Gasteiger partial charge in [-0.3, -0.25) is 4.79 Å². The summed E-state index contributed by atoms with van der Waals surface area (Å²) in [6.45, 7) is -0.236. The molecular weight excluding hydrogens is 277 g/mol. The second-order valence-electron chi connectivity index (χ2n) is 3.57. The third-order valence-corrected chi connectivity index (χ3v) is 3.04. The van der Waals surface area contributed by atoms with E-state index < -0.39 is 0 Å². The van der Waals surface area contributed by atoms with Crippen molar-refractivity contribution in [2.45, 2.75) is 6.42 Å². The standard InChI is InChI=1S/C12H9Cl2NO3/c13-8-2-1-3-9(14)11(8)12-7(6-18-15-12)10(17)4-5-16/h1-3,6,16H,4-5H2. The first-order valence-corrected chi connectivity index (χ1v) is 5.93. The summed E-state index contributed by atoms with van der Waals surface area (Å²) in [5, 5.41) is 13.3. The number of aliphatic hydroxyl groups is 1. The molecule has 1 aromatic heterocycles. The number of benzene rings is 1. The normalized spacial score (nSPS) is 10.6. The highest BCUT2D eigenvalue weighted by Gasteiger charge is 2.20. The number of carbonyl (C=O) groups excluding carboxylic acids is 1. The van der Waals surface area contributed by atoms with Crippen molar-refractivity contribution in [3.05, 3.63) is 40.1 Å². The van der Waals surface area contributed by atoms with Crippen LogP contribution in [-0.4, -0.2) is 22.7 Å². The van der Waals surface area contributed by atoms with Crippen LogP contribution in [0.5, 0.6) is 0 Å². The minimum absolute atomic E-state index is 0.00369. The van der Waals surface area contributed by atoms with E-state index in [0.717, 1.165) is 0 Å². The van der Waals surface area contributed by atoms with Crippen molar-refractivity contribution < 1.29 is 14.4 Å². The number of Topliss-reactive ketones (excluding diaryl/α,β-unsaturated/α-hetero) is 1. The van der Waals surface area contributed by atoms with Gasteiger partial charge in [0.2, 0.25) is 0 Å². The Morgan fingerprint density at radius 2 is 2.00 bits per heavy atom. The predicted octanol–water partition coefficient (Wildman–Crippen LogP) is 3.21. The number of hydrogen-bond acceptors (Lipinski definition) is 4. The summed E-state index contributed by atoms with van der Waals surface area (Å²) in [4.78, 5) is 11.8. The van der Waals surface area contributed by atoms with Crippen LogP contribution in [0, 0.1) is 0 Å². The highest BCUT2D eigenvalue weighted by Crippen LogP contribution is 2.35. The third-order valence-electron chi connectivity index (χ3n) is 2.41. The lowest BCUT2D eigenvalue weighted by Crippen LogP contribution is -2.02. The van der Waals surface area contributed by atoms with E-state index in [-0.39, 0.29) is 24.4 Å². The van der Waals surface area contributed by atoms with Gasteiger partial charge in [-0.1, -0.05) is 34.4 Å². The van der Waals surface area contributed by atoms with Crippen molar-refractivity contribution in [1.29, 1.82) is 0 Å². The summed E-state index contributed by atoms with van der Waals surface area (Å²) in [6.07, 6.45) is 1.23. The average Bonchev–Trinajstić information content (AvgIpc) is 2.78. The number of carbonyl (C=O) groups is 1. The van der Waals surface area contributed by atoms with Crippen LogP contribution in [0.4, 0.5) is 0 Å². The van der Waals surface area contributed by atoms with Crippen LogP contribution >= 0.6 is 23.2 Å². The zero-order valence-corrected chi connectivity index (χ0v) is 10.7. The Kier molecular flexibility index (Phi) is 4.01. The van der Waals surface area contributed by atoms with Crippen LogP contribution < -0.4 is 0 Å². The number of aliphatic hydroxyl groups excluding tert-OH is 1. The summed E-state index contributed by atoms with van der Waals surface area (Å²) in [6, 6.07) is 5.00. The molecule has 1 heterocycles. The first kappa shape index (κ1) is 13.1. The molecule has 0 saturated carbocycles. The lowest BCUT2D eigenvalue weighted by Gasteiger charge is -2.04. The molecule has 0 radical (unpaired) electrons. The third kappa shape index (κ3) is 2.41. The number of hydrogen-bond donors (Lipinski definition) is 1. The Morgan fingerprint density at radius 1 is 1.33 bits per heavy atom. The molecule has 94 valence electrons. The van der Waals surface area contributed by atoms with Crippen molar-refractivity contribution in [2.24, 2.45) is 0 Å². The van der Waals surface area contributed by atoms with Gasteiger partial charge in [0.15, 0.2) is 5.78 Å². The molecular formula is C12H9Cl2NO3. The fourth-order valence-corrected chi connectivity index (χ4v) is 2.15. The monoisotopic (exact) mass is 285 g/mol. The largest absolute Gasteiger partial charge is 0.396 e. The van der Waals surface area contributed by atoms with Gasteiger partial charge in [-0.05, 0) is 12.1 Å². The molecule has 1 aromatic carbocycles. The van der Waals surface area contributed by atoms with Gasteiger partial charge in [0.25, 0.3) is 0 Å². The van der Waals surface area contributed by atoms with E-state index >= 15 is 0 Å². The number of rotatable bonds is 4. The molecule has 1 N–H and O–H groups in total. The van der Waals surface area contributed by atoms with Crippen LogP contribution in [-0.2, 0) is 0 Å². The van der Waals surface area contributed by atoms with Gasteiger partial charge >= 0.3 is 0 Å². The summed E-state index contributed by atoms with van der Waals surface area (Å²) in [7, 11) is 0. The van der Waals surface area contributed by atoms with Crippen molar-refractivity contribution in [3.63, 3.8) is 0 Å². The van der Waals surface area contributed by atoms with Crippen molar-refractivity contribution in [3.8, 4) is 11.3 Å². The maximum absolute atomic E-state index is 11.8. The van der Waals surface area contributed by atoms with Gasteiger partial charge < -0.3 is 9.63 Å². The maximum Gasteiger partial charge on any atom is 0.170 e. The maximum atomic E-state index is 11.8. The van der Waals surface area contributed by atoms with E-state index in [4.69, 9.17) is 32.8 Å². The summed E-state index contributed by atoms with van der Waals surface area (Å²) in [5.41, 5.74) is 1.01. The molecule has 0 unspecified atom stereocenters. The second kappa shape index (κ2) is 5.52. The minimum atomic E-state index is -0.273. The molecule has 0 atom stereocenters. The van der Waals surface area contributed by atoms with E-state index in [9.17, 15) is 4.79 Å². The quantitative estimate of drug-likeness (QED) is 0.876. The Hall–Kier alpha value is -1.36. The number of halogens is 2. The highest BCUT2D eigenvalue weighted by atomic mass is 35.5. The van der Waals surface area contributed by atoms with Gasteiger partial charge in [-0.15, -0.1) is 0 Å². The molecule has 4 nitrogen and oxygen atoms in total. The van der Waals surface area contributed by atoms with Crippen LogP contribution in [0.3, 0.4) is 0 Å². The van der Waals surface area contributed by atoms with Crippen LogP contribution in [0.2, 0.25) is 10.0 Å². The topological polar surface area (TPSA) is 63.3 Å². The molecule has 2 rings (SSSR count). The number of ketones is 1. The van der Waals surface area contributed by atoms with Crippen molar-refractivity contribution >= 4 is 29.0 Å². The molecule has 0 bridgehead atoms. The number of aromatic nitrogens is 1. The molecule has 0 saturated heterocycles. The SMILES string of the molecule is O=C(CCO)c1conc1-c1c(Cl)cccc1Cl. The van der Waals surface area contributed by atoms with Crippen molar-refractivity contribution in [1.82, 2.24) is 5.16 Å². The van der Waals surface area contributed by atoms with Crippen molar-refractivity contribution in [2.75, 3.05) is 6.61 Å². The molecule has 0 aliphatic heterocycles. The van der Waals surface area contributed by atoms with E-state index in [2.05, 4.69) is 5.16 Å². The molecule has 0 aliphatic rings. The zero-order valence-electron chi connectivity index (χ0n) is 9.19. The minimum Gasteiger partial charge on any atom is -0.396 e. The Bertz CT molecular complexity index is 560. The van der Waals surface area contributed by atoms with Crippen LogP contribution in [0.15, 0.2) is 29.0 Å². The lowest BCUT2D eigenvalue weighted by atomic mass is 10.0. The summed E-state index contributed by atoms with van der Waals surface area (Å²) in [5.74, 6) is -0.273. The highest BCUT2D eigenvalue weighted by molar-refractivity contribution is 6.39. The fraction of sp³-hybridized carbons (Fsp3) is 0.167. The Labute approximate surface area is 113 Å². The number of nitrogens with zero attached hydrogens (tertiary/aromatic N) is 1. The molecule has 2 aromatic rings. The van der Waals surface area contributed by atoms with E-state index in [0.29, 0.717) is 21.3 Å². The van der Waals surface area contributed by atoms with Crippen LogP contribution in [0.1, 0.15) is 16.8 Å². The second-order valence-corrected chi connectivity index (χ2v) is 4.38. The molecule has 0 fully saturated rings. The van der Waals surface area contributed by atoms with Crippen LogP contribution in [0.25, 0.3) is 11.3 Å². The molecule has 0 spiro atoms. The fourth-order valence-electron chi connectivity index (χ4n) is 1.58. The lowest BCUT2D eigenvalue weighted by molar-refractivity contribution is 0.0956. The average molecular weight is 286 g/mol. The van der Waals surface area contributed by atoms with Gasteiger partial charge in [0, 0.05) is 12.0 Å². The van der Waals surface area contributed by atoms with Gasteiger partial charge in [-0.2, -0.15) is 0 Å². The first-order valence-electron chi connectivity index (χ1n) is 5.18. The first-order chi connectivity index (χ1) is 8.65. The summed E-state index contributed by atoms with van der Waals surface area (Å²) < 4.78 is 4.81. The zero-order chi connectivity index (χ0) is 13.1. The van der Waals surface area contributed by atoms with E-state index in [1.165, 1.54) is 6.26 Å². The van der Waals surface area contributed by atoms with Gasteiger partial charge in [0.1, 0.15) is 12.0 Å². The van der Waals surface area contributed by atoms with E-state index in [1.54, 1.807) is 18.2 Å². The Morgan fingerprint density at radius 3 is 2.61 bits per heavy atom. The molecule has 18 heavy (non-hydrogen) atoms. The van der Waals surface area contributed by atoms with E-state index in [1.807, 2.05) is 0 Å². The summed E-state index contributed by atoms with van der Waals surface area (Å²) >= 11 is 12.1. The smallest absolute Gasteiger partial charge is 0.170 e. The Balaban J connectivity index is 2.52. The molecule has 0 amide bonds. The van der Waals surface area contributed by atoms with Gasteiger partial charge in [0.05, 0.1) is 22.2 Å². The van der Waals surface area contributed by atoms with Gasteiger partial charge in [-0.25, -0.2) is 0 Å². The molecule has 0 aliphatic carbocycles.